The molecule has 2 aromatic rings. The van der Waals surface area contributed by atoms with Crippen LogP contribution in [-0.2, 0) is 14.3 Å². The van der Waals surface area contributed by atoms with Crippen LogP contribution in [0.5, 0.6) is 5.75 Å². The van der Waals surface area contributed by atoms with Crippen molar-refractivity contribution in [1.29, 1.82) is 0 Å². The zero-order chi connectivity index (χ0) is 19.4. The summed E-state index contributed by atoms with van der Waals surface area (Å²) in [7, 11) is 0. The lowest BCUT2D eigenvalue weighted by Crippen LogP contribution is -2.16. The largest absolute Gasteiger partial charge is 0.872 e. The van der Waals surface area contributed by atoms with Crippen molar-refractivity contribution in [2.45, 2.75) is 25.4 Å². The Hall–Kier alpha value is -3.35. The number of anilines is 1. The van der Waals surface area contributed by atoms with E-state index in [9.17, 15) is 19.5 Å². The van der Waals surface area contributed by atoms with E-state index in [1.54, 1.807) is 0 Å². The molecule has 0 aliphatic carbocycles. The van der Waals surface area contributed by atoms with E-state index in [0.29, 0.717) is 6.42 Å². The van der Waals surface area contributed by atoms with Gasteiger partial charge in [0, 0.05) is 18.0 Å². The second-order valence-electron chi connectivity index (χ2n) is 6.39. The molecule has 0 unspecified atom stereocenters. The van der Waals surface area contributed by atoms with Crippen molar-refractivity contribution in [2.75, 3.05) is 5.32 Å². The number of carbonyl (C=O) groups is 3. The summed E-state index contributed by atoms with van der Waals surface area (Å²) in [6.07, 6.45) is 0.472. The van der Waals surface area contributed by atoms with Crippen molar-refractivity contribution in [3.05, 3.63) is 59.7 Å². The summed E-state index contributed by atoms with van der Waals surface area (Å²) >= 11 is 0. The van der Waals surface area contributed by atoms with Crippen LogP contribution in [0.4, 0.5) is 5.69 Å². The fourth-order valence-corrected chi connectivity index (χ4v) is 3.16. The normalized spacial score (nSPS) is 18.7. The third-order valence-electron chi connectivity index (χ3n) is 4.48. The third kappa shape index (κ3) is 4.44. The molecule has 1 fully saturated rings. The Labute approximate surface area is 155 Å². The van der Waals surface area contributed by atoms with Crippen molar-refractivity contribution in [2.24, 2.45) is 5.92 Å². The van der Waals surface area contributed by atoms with Crippen LogP contribution in [0, 0.1) is 5.92 Å². The monoisotopic (exact) mass is 368 g/mol. The molecule has 0 saturated carbocycles. The van der Waals surface area contributed by atoms with Crippen LogP contribution in [0.25, 0.3) is 0 Å². The predicted octanol–water partition coefficient (Wildman–Crippen LogP) is 2.48. The van der Waals surface area contributed by atoms with Crippen LogP contribution in [0.1, 0.15) is 41.3 Å². The molecule has 0 spiro atoms. The minimum atomic E-state index is -1.34. The molecule has 0 radical (unpaired) electrons. The molecule has 1 aliphatic heterocycles. The van der Waals surface area contributed by atoms with Gasteiger partial charge in [0.25, 0.3) is 0 Å². The number of carboxylic acids is 1. The van der Waals surface area contributed by atoms with Gasteiger partial charge in [0.15, 0.2) is 0 Å². The van der Waals surface area contributed by atoms with E-state index >= 15 is 0 Å². The molecule has 140 valence electrons. The quantitative estimate of drug-likeness (QED) is 0.757. The Morgan fingerprint density at radius 2 is 1.93 bits per heavy atom. The molecule has 7 nitrogen and oxygen atoms in total. The summed E-state index contributed by atoms with van der Waals surface area (Å²) in [5.41, 5.74) is 0.744. The van der Waals surface area contributed by atoms with Crippen molar-refractivity contribution in [3.63, 3.8) is 0 Å². The second kappa shape index (κ2) is 7.90. The standard InChI is InChI=1S/C20H19NO6/c22-16-8-7-14(11-15(16)20(25)26)21-17(23)9-6-13-10-18(24)27-19(13)12-4-2-1-3-5-12/h1-5,7-8,11,13,19,22H,6,9-10H2,(H,21,23)(H,25,26)/p-1/t13-,19-/m1/s1. The van der Waals surface area contributed by atoms with Gasteiger partial charge in [-0.15, -0.1) is 0 Å². The van der Waals surface area contributed by atoms with E-state index < -0.39 is 17.3 Å². The molecule has 2 N–H and O–H groups in total. The highest BCUT2D eigenvalue weighted by Crippen LogP contribution is 2.38. The van der Waals surface area contributed by atoms with E-state index in [4.69, 9.17) is 9.84 Å². The number of aromatic carboxylic acids is 1. The van der Waals surface area contributed by atoms with Crippen LogP contribution in [0.3, 0.4) is 0 Å². The SMILES string of the molecule is O=C(CC[C@@H]1CC(=O)O[C@@H]1c1ccccc1)Nc1ccc([O-])c(C(=O)O)c1. The lowest BCUT2D eigenvalue weighted by molar-refractivity contribution is -0.268. The first-order valence-electron chi connectivity index (χ1n) is 8.52. The van der Waals surface area contributed by atoms with Crippen LogP contribution < -0.4 is 10.4 Å². The maximum atomic E-state index is 12.2. The molecule has 1 saturated heterocycles. The summed E-state index contributed by atoms with van der Waals surface area (Å²) in [5.74, 6) is -2.68. The number of ether oxygens (including phenoxy) is 1. The van der Waals surface area contributed by atoms with Gasteiger partial charge in [-0.3, -0.25) is 9.59 Å². The van der Waals surface area contributed by atoms with Gasteiger partial charge in [-0.25, -0.2) is 4.79 Å². The van der Waals surface area contributed by atoms with E-state index in [1.165, 1.54) is 6.07 Å². The fraction of sp³-hybridized carbons (Fsp3) is 0.250. The smallest absolute Gasteiger partial charge is 0.335 e. The van der Waals surface area contributed by atoms with Gasteiger partial charge >= 0.3 is 11.9 Å². The van der Waals surface area contributed by atoms with Gasteiger partial charge < -0.3 is 20.3 Å². The molecule has 1 aliphatic rings. The molecule has 2 aromatic carbocycles. The summed E-state index contributed by atoms with van der Waals surface area (Å²) < 4.78 is 5.40. The molecular weight excluding hydrogens is 350 g/mol. The van der Waals surface area contributed by atoms with Crippen LogP contribution >= 0.6 is 0 Å². The average molecular weight is 368 g/mol. The average Bonchev–Trinajstić information content (AvgIpc) is 3.03. The van der Waals surface area contributed by atoms with Gasteiger partial charge in [0.2, 0.25) is 5.91 Å². The summed E-state index contributed by atoms with van der Waals surface area (Å²) in [4.78, 5) is 34.9. The Kier molecular flexibility index (Phi) is 5.40. The Balaban J connectivity index is 1.61. The lowest BCUT2D eigenvalue weighted by atomic mass is 9.91. The van der Waals surface area contributed by atoms with Gasteiger partial charge in [0.05, 0.1) is 12.0 Å². The maximum absolute atomic E-state index is 12.2. The molecule has 1 amide bonds. The first-order chi connectivity index (χ1) is 12.9. The number of carboxylic acid groups (broad SMARTS) is 1. The lowest BCUT2D eigenvalue weighted by Gasteiger charge is -2.18. The van der Waals surface area contributed by atoms with E-state index in [2.05, 4.69) is 5.32 Å². The predicted molar refractivity (Wildman–Crippen MR) is 94.1 cm³/mol. The molecule has 0 bridgehead atoms. The summed E-state index contributed by atoms with van der Waals surface area (Å²) in [5, 5.41) is 23.0. The van der Waals surface area contributed by atoms with Gasteiger partial charge in [-0.05, 0) is 24.1 Å². The fourth-order valence-electron chi connectivity index (χ4n) is 3.16. The first kappa shape index (κ1) is 18.4. The highest BCUT2D eigenvalue weighted by atomic mass is 16.5. The molecule has 2 atom stereocenters. The molecule has 27 heavy (non-hydrogen) atoms. The summed E-state index contributed by atoms with van der Waals surface area (Å²) in [6, 6.07) is 13.0. The van der Waals surface area contributed by atoms with Crippen molar-refractivity contribution in [1.82, 2.24) is 0 Å². The molecule has 3 rings (SSSR count). The Morgan fingerprint density at radius 3 is 2.63 bits per heavy atom. The van der Waals surface area contributed by atoms with Crippen LogP contribution in [0.2, 0.25) is 0 Å². The minimum Gasteiger partial charge on any atom is -0.872 e. The molecular formula is C20H18NO6-. The number of amides is 1. The van der Waals surface area contributed by atoms with Crippen LogP contribution in [-0.4, -0.2) is 23.0 Å². The van der Waals surface area contributed by atoms with Gasteiger partial charge in [0.1, 0.15) is 6.10 Å². The number of nitrogens with one attached hydrogen (secondary N) is 1. The zero-order valence-electron chi connectivity index (χ0n) is 14.4. The molecule has 1 heterocycles. The Bertz CT molecular complexity index is 864. The summed E-state index contributed by atoms with van der Waals surface area (Å²) in [6.45, 7) is 0. The number of carbonyl (C=O) groups excluding carboxylic acids is 2. The van der Waals surface area contributed by atoms with Gasteiger partial charge in [-0.2, -0.15) is 0 Å². The molecule has 7 heteroatoms. The van der Waals surface area contributed by atoms with Gasteiger partial charge in [-0.1, -0.05) is 42.1 Å². The van der Waals surface area contributed by atoms with E-state index in [1.807, 2.05) is 30.3 Å². The van der Waals surface area contributed by atoms with Crippen molar-refractivity contribution < 1.29 is 29.3 Å². The van der Waals surface area contributed by atoms with Crippen LogP contribution in [0.15, 0.2) is 48.5 Å². The van der Waals surface area contributed by atoms with Crippen molar-refractivity contribution in [3.8, 4) is 5.75 Å². The minimum absolute atomic E-state index is 0.107. The highest BCUT2D eigenvalue weighted by Gasteiger charge is 2.35. The number of hydrogen-bond donors (Lipinski definition) is 2. The third-order valence-corrected chi connectivity index (χ3v) is 4.48. The second-order valence-corrected chi connectivity index (χ2v) is 6.39. The number of esters is 1. The maximum Gasteiger partial charge on any atom is 0.335 e. The Morgan fingerprint density at radius 1 is 1.19 bits per heavy atom. The van der Waals surface area contributed by atoms with E-state index in [-0.39, 0.29) is 42.4 Å². The number of rotatable bonds is 6. The highest BCUT2D eigenvalue weighted by molar-refractivity contribution is 5.95. The number of benzene rings is 2. The molecule has 0 aromatic heterocycles. The number of cyclic esters (lactones) is 1. The van der Waals surface area contributed by atoms with E-state index in [0.717, 1.165) is 17.7 Å². The van der Waals surface area contributed by atoms with Crippen molar-refractivity contribution >= 4 is 23.5 Å². The zero-order valence-corrected chi connectivity index (χ0v) is 14.4. The number of hydrogen-bond acceptors (Lipinski definition) is 5. The topological polar surface area (TPSA) is 116 Å². The first-order valence-corrected chi connectivity index (χ1v) is 8.52.